The number of hydrogen-bond acceptors (Lipinski definition) is 5. The minimum absolute atomic E-state index is 0.331. The van der Waals surface area contributed by atoms with Gasteiger partial charge in [0.15, 0.2) is 5.82 Å². The molecule has 0 aliphatic heterocycles. The molecule has 0 unspecified atom stereocenters. The molecule has 102 valence electrons. The van der Waals surface area contributed by atoms with E-state index < -0.39 is 0 Å². The number of rotatable bonds is 5. The number of benzene rings is 1. The van der Waals surface area contributed by atoms with E-state index in [2.05, 4.69) is 15.5 Å². The first-order valence-corrected chi connectivity index (χ1v) is 6.28. The summed E-state index contributed by atoms with van der Waals surface area (Å²) in [5.41, 5.74) is 7.13. The SMILES string of the molecule is CCOC(C)(C)Cn1nnnc1-c1ccccc1N. The molecule has 1 aromatic carbocycles. The monoisotopic (exact) mass is 261 g/mol. The third-order valence-electron chi connectivity index (χ3n) is 2.80. The Labute approximate surface area is 112 Å². The van der Waals surface area contributed by atoms with E-state index in [0.717, 1.165) is 5.56 Å². The Kier molecular flexibility index (Phi) is 3.80. The lowest BCUT2D eigenvalue weighted by molar-refractivity contribution is -0.0246. The summed E-state index contributed by atoms with van der Waals surface area (Å²) in [7, 11) is 0. The summed E-state index contributed by atoms with van der Waals surface area (Å²) in [5, 5.41) is 11.8. The fourth-order valence-corrected chi connectivity index (χ4v) is 2.00. The van der Waals surface area contributed by atoms with E-state index >= 15 is 0 Å². The third kappa shape index (κ3) is 3.08. The summed E-state index contributed by atoms with van der Waals surface area (Å²) < 4.78 is 7.40. The molecule has 2 rings (SSSR count). The highest BCUT2D eigenvalue weighted by atomic mass is 16.5. The smallest absolute Gasteiger partial charge is 0.184 e. The minimum atomic E-state index is -0.331. The van der Waals surface area contributed by atoms with Crippen molar-refractivity contribution in [2.75, 3.05) is 12.3 Å². The van der Waals surface area contributed by atoms with Crippen molar-refractivity contribution in [1.29, 1.82) is 0 Å². The first kappa shape index (κ1) is 13.5. The van der Waals surface area contributed by atoms with Crippen LogP contribution in [0.5, 0.6) is 0 Å². The van der Waals surface area contributed by atoms with Crippen molar-refractivity contribution in [3.05, 3.63) is 24.3 Å². The zero-order chi connectivity index (χ0) is 13.9. The summed E-state index contributed by atoms with van der Waals surface area (Å²) in [4.78, 5) is 0. The zero-order valence-electron chi connectivity index (χ0n) is 11.5. The maximum Gasteiger partial charge on any atom is 0.184 e. The Bertz CT molecular complexity index is 549. The fraction of sp³-hybridized carbons (Fsp3) is 0.462. The second-order valence-electron chi connectivity index (χ2n) is 4.94. The maximum atomic E-state index is 5.96. The average molecular weight is 261 g/mol. The van der Waals surface area contributed by atoms with E-state index in [4.69, 9.17) is 10.5 Å². The lowest BCUT2D eigenvalue weighted by atomic mass is 10.1. The van der Waals surface area contributed by atoms with Crippen LogP contribution in [-0.4, -0.2) is 32.4 Å². The first-order valence-electron chi connectivity index (χ1n) is 6.28. The number of hydrogen-bond donors (Lipinski definition) is 1. The molecule has 0 saturated carbocycles. The number of nitrogens with two attached hydrogens (primary N) is 1. The fourth-order valence-electron chi connectivity index (χ4n) is 2.00. The third-order valence-corrected chi connectivity index (χ3v) is 2.80. The van der Waals surface area contributed by atoms with E-state index in [9.17, 15) is 0 Å². The summed E-state index contributed by atoms with van der Waals surface area (Å²) in [6.45, 7) is 7.21. The number of nitrogen functional groups attached to an aromatic ring is 1. The molecule has 2 aromatic rings. The second-order valence-corrected chi connectivity index (χ2v) is 4.94. The van der Waals surface area contributed by atoms with Gasteiger partial charge in [-0.1, -0.05) is 12.1 Å². The quantitative estimate of drug-likeness (QED) is 0.829. The molecule has 0 saturated heterocycles. The van der Waals surface area contributed by atoms with E-state index in [1.165, 1.54) is 0 Å². The Morgan fingerprint density at radius 2 is 2.05 bits per heavy atom. The lowest BCUT2D eigenvalue weighted by Crippen LogP contribution is -2.31. The molecule has 6 heteroatoms. The predicted octanol–water partition coefficient (Wildman–Crippen LogP) is 1.74. The molecule has 0 aliphatic carbocycles. The van der Waals surface area contributed by atoms with Gasteiger partial charge >= 0.3 is 0 Å². The van der Waals surface area contributed by atoms with Gasteiger partial charge in [0.1, 0.15) is 0 Å². The van der Waals surface area contributed by atoms with Crippen LogP contribution in [0.15, 0.2) is 24.3 Å². The highest BCUT2D eigenvalue weighted by Crippen LogP contribution is 2.24. The van der Waals surface area contributed by atoms with Crippen LogP contribution < -0.4 is 5.73 Å². The topological polar surface area (TPSA) is 78.8 Å². The molecule has 0 radical (unpaired) electrons. The number of nitrogens with zero attached hydrogens (tertiary/aromatic N) is 4. The van der Waals surface area contributed by atoms with Gasteiger partial charge < -0.3 is 10.5 Å². The summed E-state index contributed by atoms with van der Waals surface area (Å²) in [5.74, 6) is 0.658. The first-order chi connectivity index (χ1) is 9.03. The molecule has 0 bridgehead atoms. The van der Waals surface area contributed by atoms with Gasteiger partial charge in [0, 0.05) is 17.9 Å². The average Bonchev–Trinajstić information content (AvgIpc) is 2.76. The van der Waals surface area contributed by atoms with Crippen molar-refractivity contribution < 1.29 is 4.74 Å². The highest BCUT2D eigenvalue weighted by Gasteiger charge is 2.22. The number of tetrazole rings is 1. The summed E-state index contributed by atoms with van der Waals surface area (Å²) >= 11 is 0. The summed E-state index contributed by atoms with van der Waals surface area (Å²) in [6.07, 6.45) is 0. The van der Waals surface area contributed by atoms with Crippen LogP contribution in [-0.2, 0) is 11.3 Å². The van der Waals surface area contributed by atoms with Gasteiger partial charge in [-0.2, -0.15) is 0 Å². The molecule has 1 aromatic heterocycles. The van der Waals surface area contributed by atoms with Crippen molar-refractivity contribution in [3.8, 4) is 11.4 Å². The Hall–Kier alpha value is -1.95. The van der Waals surface area contributed by atoms with Crippen LogP contribution in [0.3, 0.4) is 0 Å². The lowest BCUT2D eigenvalue weighted by Gasteiger charge is -2.24. The molecule has 0 fully saturated rings. The van der Waals surface area contributed by atoms with E-state index in [0.29, 0.717) is 24.7 Å². The zero-order valence-corrected chi connectivity index (χ0v) is 11.5. The number of aromatic nitrogens is 4. The van der Waals surface area contributed by atoms with Gasteiger partial charge in [-0.25, -0.2) is 4.68 Å². The Morgan fingerprint density at radius 3 is 2.74 bits per heavy atom. The van der Waals surface area contributed by atoms with Gasteiger partial charge in [-0.3, -0.25) is 0 Å². The predicted molar refractivity (Wildman–Crippen MR) is 73.4 cm³/mol. The number of anilines is 1. The molecule has 0 spiro atoms. The van der Waals surface area contributed by atoms with E-state index in [1.54, 1.807) is 4.68 Å². The molecule has 19 heavy (non-hydrogen) atoms. The molecule has 2 N–H and O–H groups in total. The van der Waals surface area contributed by atoms with Crippen LogP contribution in [0, 0.1) is 0 Å². The maximum absolute atomic E-state index is 5.96. The largest absolute Gasteiger partial charge is 0.398 e. The molecule has 0 amide bonds. The van der Waals surface area contributed by atoms with Gasteiger partial charge in [-0.05, 0) is 43.3 Å². The van der Waals surface area contributed by atoms with Crippen molar-refractivity contribution >= 4 is 5.69 Å². The number of ether oxygens (including phenoxy) is 1. The van der Waals surface area contributed by atoms with Gasteiger partial charge in [-0.15, -0.1) is 5.10 Å². The van der Waals surface area contributed by atoms with Crippen LogP contribution >= 0.6 is 0 Å². The molecular formula is C13H19N5O. The summed E-state index contributed by atoms with van der Waals surface area (Å²) in [6, 6.07) is 7.54. The minimum Gasteiger partial charge on any atom is -0.398 e. The second kappa shape index (κ2) is 5.36. The standard InChI is InChI=1S/C13H19N5O/c1-4-19-13(2,3)9-18-12(15-16-17-18)10-7-5-6-8-11(10)14/h5-8H,4,9,14H2,1-3H3. The van der Waals surface area contributed by atoms with Crippen molar-refractivity contribution in [3.63, 3.8) is 0 Å². The van der Waals surface area contributed by atoms with Gasteiger partial charge in [0.2, 0.25) is 0 Å². The van der Waals surface area contributed by atoms with Crippen molar-refractivity contribution in [2.45, 2.75) is 32.9 Å². The Balaban J connectivity index is 2.31. The normalized spacial score (nSPS) is 11.7. The Morgan fingerprint density at radius 1 is 1.32 bits per heavy atom. The molecule has 1 heterocycles. The van der Waals surface area contributed by atoms with E-state index in [-0.39, 0.29) is 5.60 Å². The van der Waals surface area contributed by atoms with Gasteiger partial charge in [0.25, 0.3) is 0 Å². The molecule has 6 nitrogen and oxygen atoms in total. The molecule has 0 aliphatic rings. The highest BCUT2D eigenvalue weighted by molar-refractivity contribution is 5.70. The number of para-hydroxylation sites is 1. The molecular weight excluding hydrogens is 242 g/mol. The van der Waals surface area contributed by atoms with Crippen molar-refractivity contribution in [1.82, 2.24) is 20.2 Å². The molecule has 0 atom stereocenters. The van der Waals surface area contributed by atoms with Crippen LogP contribution in [0.25, 0.3) is 11.4 Å². The van der Waals surface area contributed by atoms with Crippen LogP contribution in [0.2, 0.25) is 0 Å². The van der Waals surface area contributed by atoms with Crippen LogP contribution in [0.1, 0.15) is 20.8 Å². The van der Waals surface area contributed by atoms with E-state index in [1.807, 2.05) is 45.0 Å². The van der Waals surface area contributed by atoms with Gasteiger partial charge in [0.05, 0.1) is 12.1 Å². The van der Waals surface area contributed by atoms with Crippen molar-refractivity contribution in [2.24, 2.45) is 0 Å². The van der Waals surface area contributed by atoms with Crippen LogP contribution in [0.4, 0.5) is 5.69 Å².